The van der Waals surface area contributed by atoms with Crippen LogP contribution in [0.25, 0.3) is 0 Å². The van der Waals surface area contributed by atoms with Gasteiger partial charge in [-0.15, -0.1) is 11.3 Å². The number of amides is 1. The summed E-state index contributed by atoms with van der Waals surface area (Å²) in [7, 11) is 0. The number of aliphatic hydroxyl groups is 1. The SMILES string of the molecule is CCC(CC)CNC(=O)c1csc(C#CCCO)c1. The zero-order valence-corrected chi connectivity index (χ0v) is 12.3. The van der Waals surface area contributed by atoms with Crippen molar-refractivity contribution in [3.63, 3.8) is 0 Å². The highest BCUT2D eigenvalue weighted by molar-refractivity contribution is 7.10. The zero-order valence-electron chi connectivity index (χ0n) is 11.5. The van der Waals surface area contributed by atoms with Crippen LogP contribution in [-0.4, -0.2) is 24.2 Å². The molecule has 0 bridgehead atoms. The Balaban J connectivity index is 2.52. The number of carbonyl (C=O) groups is 1. The fraction of sp³-hybridized carbons (Fsp3) is 0.533. The van der Waals surface area contributed by atoms with Crippen molar-refractivity contribution >= 4 is 17.2 Å². The molecule has 0 aliphatic rings. The van der Waals surface area contributed by atoms with Crippen molar-refractivity contribution in [3.05, 3.63) is 21.9 Å². The molecule has 3 nitrogen and oxygen atoms in total. The molecule has 0 aliphatic carbocycles. The topological polar surface area (TPSA) is 49.3 Å². The van der Waals surface area contributed by atoms with Crippen molar-refractivity contribution in [2.75, 3.05) is 13.2 Å². The molecule has 1 heterocycles. The first-order chi connectivity index (χ1) is 9.21. The van der Waals surface area contributed by atoms with Crippen LogP contribution in [0.5, 0.6) is 0 Å². The van der Waals surface area contributed by atoms with Gasteiger partial charge in [0.1, 0.15) is 0 Å². The fourth-order valence-electron chi connectivity index (χ4n) is 1.64. The maximum atomic E-state index is 11.9. The molecule has 0 saturated carbocycles. The lowest BCUT2D eigenvalue weighted by molar-refractivity contribution is 0.0947. The van der Waals surface area contributed by atoms with Gasteiger partial charge in [0, 0.05) is 18.3 Å². The molecule has 0 aliphatic heterocycles. The van der Waals surface area contributed by atoms with Crippen LogP contribution in [0.3, 0.4) is 0 Å². The van der Waals surface area contributed by atoms with Gasteiger partial charge >= 0.3 is 0 Å². The molecular weight excluding hydrogens is 258 g/mol. The summed E-state index contributed by atoms with van der Waals surface area (Å²) in [6.45, 7) is 5.08. The molecule has 4 heteroatoms. The van der Waals surface area contributed by atoms with Crippen LogP contribution in [0.2, 0.25) is 0 Å². The van der Waals surface area contributed by atoms with Crippen LogP contribution in [0.4, 0.5) is 0 Å². The summed E-state index contributed by atoms with van der Waals surface area (Å²) in [5.74, 6) is 6.31. The lowest BCUT2D eigenvalue weighted by atomic mass is 10.0. The number of aliphatic hydroxyl groups excluding tert-OH is 1. The lowest BCUT2D eigenvalue weighted by Crippen LogP contribution is -2.28. The van der Waals surface area contributed by atoms with Gasteiger partial charge in [-0.1, -0.05) is 38.5 Å². The summed E-state index contributed by atoms with van der Waals surface area (Å²) in [5, 5.41) is 13.4. The third kappa shape index (κ3) is 5.46. The number of thiophene rings is 1. The largest absolute Gasteiger partial charge is 0.395 e. The minimum Gasteiger partial charge on any atom is -0.395 e. The van der Waals surface area contributed by atoms with E-state index < -0.39 is 0 Å². The van der Waals surface area contributed by atoms with E-state index in [0.29, 0.717) is 17.9 Å². The summed E-state index contributed by atoms with van der Waals surface area (Å²) in [6, 6.07) is 1.80. The monoisotopic (exact) mass is 279 g/mol. The highest BCUT2D eigenvalue weighted by atomic mass is 32.1. The Morgan fingerprint density at radius 2 is 2.21 bits per heavy atom. The van der Waals surface area contributed by atoms with Crippen LogP contribution >= 0.6 is 11.3 Å². The third-order valence-corrected chi connectivity index (χ3v) is 3.86. The molecule has 2 N–H and O–H groups in total. The van der Waals surface area contributed by atoms with Crippen LogP contribution in [0.1, 0.15) is 48.3 Å². The molecule has 1 amide bonds. The lowest BCUT2D eigenvalue weighted by Gasteiger charge is -2.12. The predicted molar refractivity (Wildman–Crippen MR) is 79.3 cm³/mol. The fourth-order valence-corrected chi connectivity index (χ4v) is 2.40. The Kier molecular flexibility index (Phi) is 7.24. The average Bonchev–Trinajstić information content (AvgIpc) is 2.89. The maximum Gasteiger partial charge on any atom is 0.252 e. The summed E-state index contributed by atoms with van der Waals surface area (Å²) < 4.78 is 0. The van der Waals surface area contributed by atoms with Gasteiger partial charge in [0.25, 0.3) is 5.91 Å². The molecule has 1 rings (SSSR count). The van der Waals surface area contributed by atoms with Crippen molar-refractivity contribution in [2.24, 2.45) is 5.92 Å². The van der Waals surface area contributed by atoms with Crippen LogP contribution < -0.4 is 5.32 Å². The maximum absolute atomic E-state index is 11.9. The molecule has 0 saturated heterocycles. The van der Waals surface area contributed by atoms with Crippen LogP contribution in [-0.2, 0) is 0 Å². The average molecular weight is 279 g/mol. The van der Waals surface area contributed by atoms with E-state index in [9.17, 15) is 4.79 Å². The molecule has 1 aromatic rings. The summed E-state index contributed by atoms with van der Waals surface area (Å²) in [5.41, 5.74) is 0.671. The van der Waals surface area contributed by atoms with Gasteiger partial charge in [0.05, 0.1) is 17.0 Å². The Morgan fingerprint density at radius 1 is 1.47 bits per heavy atom. The second-order valence-electron chi connectivity index (χ2n) is 4.37. The smallest absolute Gasteiger partial charge is 0.252 e. The molecule has 1 aromatic heterocycles. The quantitative estimate of drug-likeness (QED) is 0.787. The Labute approximate surface area is 119 Å². The van der Waals surface area contributed by atoms with Crippen molar-refractivity contribution in [2.45, 2.75) is 33.1 Å². The molecule has 0 fully saturated rings. The standard InChI is InChI=1S/C15H21NO2S/c1-3-12(4-2)10-16-15(18)13-9-14(19-11-13)7-5-6-8-17/h9,11-12,17H,3-4,6,8,10H2,1-2H3,(H,16,18). The van der Waals surface area contributed by atoms with E-state index >= 15 is 0 Å². The highest BCUT2D eigenvalue weighted by Crippen LogP contribution is 2.14. The van der Waals surface area contributed by atoms with E-state index in [1.807, 2.05) is 5.38 Å². The van der Waals surface area contributed by atoms with Gasteiger partial charge in [0.2, 0.25) is 0 Å². The molecule has 19 heavy (non-hydrogen) atoms. The summed E-state index contributed by atoms with van der Waals surface area (Å²) >= 11 is 1.46. The van der Waals surface area contributed by atoms with E-state index in [1.165, 1.54) is 11.3 Å². The molecular formula is C15H21NO2S. The second kappa shape index (κ2) is 8.73. The number of nitrogens with one attached hydrogen (secondary N) is 1. The summed E-state index contributed by atoms with van der Waals surface area (Å²) in [4.78, 5) is 12.8. The molecule has 0 radical (unpaired) electrons. The second-order valence-corrected chi connectivity index (χ2v) is 5.28. The van der Waals surface area contributed by atoms with E-state index in [2.05, 4.69) is 31.0 Å². The van der Waals surface area contributed by atoms with Crippen molar-refractivity contribution < 1.29 is 9.90 Å². The number of hydrogen-bond acceptors (Lipinski definition) is 3. The normalized spacial score (nSPS) is 10.1. The minimum absolute atomic E-state index is 0.0293. The van der Waals surface area contributed by atoms with Crippen molar-refractivity contribution in [1.82, 2.24) is 5.32 Å². The van der Waals surface area contributed by atoms with E-state index in [1.54, 1.807) is 6.07 Å². The first-order valence-electron chi connectivity index (χ1n) is 6.67. The summed E-state index contributed by atoms with van der Waals surface area (Å²) in [6.07, 6.45) is 2.63. The van der Waals surface area contributed by atoms with Crippen molar-refractivity contribution in [1.29, 1.82) is 0 Å². The first kappa shape index (κ1) is 15.7. The van der Waals surface area contributed by atoms with Crippen molar-refractivity contribution in [3.8, 4) is 11.8 Å². The molecule has 0 aromatic carbocycles. The van der Waals surface area contributed by atoms with Gasteiger partial charge in [-0.25, -0.2) is 0 Å². The first-order valence-corrected chi connectivity index (χ1v) is 7.55. The highest BCUT2D eigenvalue weighted by Gasteiger charge is 2.10. The number of carbonyl (C=O) groups excluding carboxylic acids is 1. The molecule has 104 valence electrons. The van der Waals surface area contributed by atoms with Gasteiger partial charge < -0.3 is 10.4 Å². The van der Waals surface area contributed by atoms with E-state index in [0.717, 1.165) is 24.3 Å². The number of hydrogen-bond donors (Lipinski definition) is 2. The molecule has 0 spiro atoms. The van der Waals surface area contributed by atoms with Gasteiger partial charge in [0.15, 0.2) is 0 Å². The minimum atomic E-state index is -0.0293. The van der Waals surface area contributed by atoms with Gasteiger partial charge in [-0.2, -0.15) is 0 Å². The Bertz CT molecular complexity index is 452. The van der Waals surface area contributed by atoms with Crippen LogP contribution in [0, 0.1) is 17.8 Å². The molecule has 0 atom stereocenters. The zero-order chi connectivity index (χ0) is 14.1. The molecule has 0 unspecified atom stereocenters. The Morgan fingerprint density at radius 3 is 2.84 bits per heavy atom. The van der Waals surface area contributed by atoms with E-state index in [-0.39, 0.29) is 12.5 Å². The van der Waals surface area contributed by atoms with Gasteiger partial charge in [-0.05, 0) is 12.0 Å². The van der Waals surface area contributed by atoms with E-state index in [4.69, 9.17) is 5.11 Å². The van der Waals surface area contributed by atoms with Crippen LogP contribution in [0.15, 0.2) is 11.4 Å². The number of rotatable bonds is 6. The van der Waals surface area contributed by atoms with Gasteiger partial charge in [-0.3, -0.25) is 4.79 Å². The third-order valence-electron chi connectivity index (χ3n) is 3.02. The predicted octanol–water partition coefficient (Wildman–Crippen LogP) is 2.65. The Hall–Kier alpha value is -1.31.